The maximum Gasteiger partial charge on any atom is 0.237 e. The number of amides is 3. The molecule has 2 aliphatic rings. The number of likely N-dealkylation sites (tertiary alicyclic amines) is 1. The quantitative estimate of drug-likeness (QED) is 0.616. The third-order valence-electron chi connectivity index (χ3n) is 5.34. The van der Waals surface area contributed by atoms with E-state index >= 15 is 0 Å². The van der Waals surface area contributed by atoms with Crippen LogP contribution in [0.2, 0.25) is 5.02 Å². The third kappa shape index (κ3) is 5.67. The fraction of sp³-hybridized carbons (Fsp3) is 0.550. The molecule has 0 aromatic heterocycles. The number of nitrogens with zero attached hydrogens (tertiary/aromatic N) is 2. The van der Waals surface area contributed by atoms with E-state index in [2.05, 4.69) is 10.6 Å². The molecule has 7 nitrogen and oxygen atoms in total. The molecule has 2 aliphatic heterocycles. The van der Waals surface area contributed by atoms with Crippen LogP contribution >= 0.6 is 11.6 Å². The van der Waals surface area contributed by atoms with Crippen molar-refractivity contribution in [1.82, 2.24) is 20.4 Å². The molecule has 9 heteroatoms. The van der Waals surface area contributed by atoms with E-state index in [0.717, 1.165) is 13.0 Å². The van der Waals surface area contributed by atoms with E-state index < -0.39 is 11.9 Å². The maximum absolute atomic E-state index is 14.1. The number of carbonyl (C=O) groups is 3. The van der Waals surface area contributed by atoms with Gasteiger partial charge in [-0.15, -0.1) is 0 Å². The Hall–Kier alpha value is -2.19. The fourth-order valence-corrected chi connectivity index (χ4v) is 3.97. The molecule has 29 heavy (non-hydrogen) atoms. The van der Waals surface area contributed by atoms with Gasteiger partial charge in [0.1, 0.15) is 5.82 Å². The van der Waals surface area contributed by atoms with Crippen LogP contribution in [0.1, 0.15) is 31.2 Å². The Morgan fingerprint density at radius 2 is 2.14 bits per heavy atom. The minimum Gasteiger partial charge on any atom is -0.356 e. The lowest BCUT2D eigenvalue weighted by atomic mass is 10.1. The lowest BCUT2D eigenvalue weighted by molar-refractivity contribution is -0.134. The summed E-state index contributed by atoms with van der Waals surface area (Å²) in [6, 6.07) is 3.79. The van der Waals surface area contributed by atoms with Gasteiger partial charge in [-0.3, -0.25) is 19.3 Å². The summed E-state index contributed by atoms with van der Waals surface area (Å²) < 4.78 is 14.1. The van der Waals surface area contributed by atoms with Gasteiger partial charge in [0.2, 0.25) is 17.7 Å². The van der Waals surface area contributed by atoms with Crippen LogP contribution in [0.4, 0.5) is 4.39 Å². The molecule has 0 aliphatic carbocycles. The number of piperazine rings is 1. The van der Waals surface area contributed by atoms with E-state index in [-0.39, 0.29) is 30.7 Å². The molecule has 0 spiro atoms. The van der Waals surface area contributed by atoms with Crippen molar-refractivity contribution in [3.05, 3.63) is 34.6 Å². The van der Waals surface area contributed by atoms with Crippen molar-refractivity contribution in [3.63, 3.8) is 0 Å². The summed E-state index contributed by atoms with van der Waals surface area (Å²) in [5.74, 6) is -0.758. The number of benzene rings is 1. The second-order valence-corrected chi connectivity index (χ2v) is 7.78. The molecule has 3 rings (SSSR count). The van der Waals surface area contributed by atoms with E-state index in [1.54, 1.807) is 15.9 Å². The summed E-state index contributed by atoms with van der Waals surface area (Å²) in [6.45, 7) is 2.95. The highest BCUT2D eigenvalue weighted by Crippen LogP contribution is 2.23. The van der Waals surface area contributed by atoms with Crippen molar-refractivity contribution < 1.29 is 18.8 Å². The summed E-state index contributed by atoms with van der Waals surface area (Å²) in [7, 11) is 0. The first kappa shape index (κ1) is 21.5. The van der Waals surface area contributed by atoms with Gasteiger partial charge in [0.25, 0.3) is 0 Å². The van der Waals surface area contributed by atoms with Crippen molar-refractivity contribution in [1.29, 1.82) is 0 Å². The predicted octanol–water partition coefficient (Wildman–Crippen LogP) is 1.30. The molecule has 2 saturated heterocycles. The number of hydrogen-bond acceptors (Lipinski definition) is 4. The Bertz CT molecular complexity index is 756. The van der Waals surface area contributed by atoms with Gasteiger partial charge in [-0.05, 0) is 25.0 Å². The van der Waals surface area contributed by atoms with E-state index in [0.29, 0.717) is 49.6 Å². The normalized spacial score (nSPS) is 20.1. The molecule has 0 bridgehead atoms. The number of rotatable bonds is 8. The van der Waals surface area contributed by atoms with Gasteiger partial charge in [0.15, 0.2) is 0 Å². The zero-order valence-corrected chi connectivity index (χ0v) is 17.0. The standard InChI is InChI=1S/C20H26ClFN4O3/c21-15-4-1-5-16(22)14(15)13-26-11-8-24-20(29)17(26)12-18(27)23-7-3-10-25-9-2-6-19(25)28/h1,4-5,17H,2-3,6-13H2,(H,23,27)(H,24,29)/t17-/m1/s1. The Balaban J connectivity index is 1.51. The minimum absolute atomic E-state index is 0.0133. The van der Waals surface area contributed by atoms with Gasteiger partial charge < -0.3 is 15.5 Å². The summed E-state index contributed by atoms with van der Waals surface area (Å²) in [6.07, 6.45) is 2.15. The predicted molar refractivity (Wildman–Crippen MR) is 107 cm³/mol. The molecule has 158 valence electrons. The second kappa shape index (κ2) is 10.0. The average Bonchev–Trinajstić information content (AvgIpc) is 3.09. The third-order valence-corrected chi connectivity index (χ3v) is 5.70. The summed E-state index contributed by atoms with van der Waals surface area (Å²) in [4.78, 5) is 39.9. The summed E-state index contributed by atoms with van der Waals surface area (Å²) in [5.41, 5.74) is 0.324. The monoisotopic (exact) mass is 424 g/mol. The van der Waals surface area contributed by atoms with Crippen LogP contribution in [0.15, 0.2) is 18.2 Å². The Kier molecular flexibility index (Phi) is 7.44. The number of nitrogens with one attached hydrogen (secondary N) is 2. The van der Waals surface area contributed by atoms with E-state index in [1.807, 2.05) is 0 Å². The summed E-state index contributed by atoms with van der Waals surface area (Å²) in [5, 5.41) is 5.87. The van der Waals surface area contributed by atoms with Gasteiger partial charge >= 0.3 is 0 Å². The van der Waals surface area contributed by atoms with E-state index in [4.69, 9.17) is 11.6 Å². The molecule has 2 fully saturated rings. The van der Waals surface area contributed by atoms with Crippen molar-refractivity contribution >= 4 is 29.3 Å². The topological polar surface area (TPSA) is 81.8 Å². The largest absolute Gasteiger partial charge is 0.356 e. The van der Waals surface area contributed by atoms with Gasteiger partial charge in [-0.1, -0.05) is 17.7 Å². The summed E-state index contributed by atoms with van der Waals surface area (Å²) >= 11 is 6.11. The minimum atomic E-state index is -0.681. The molecule has 2 heterocycles. The molecular formula is C20H26ClFN4O3. The average molecular weight is 425 g/mol. The zero-order chi connectivity index (χ0) is 20.8. The highest BCUT2D eigenvalue weighted by atomic mass is 35.5. The second-order valence-electron chi connectivity index (χ2n) is 7.37. The van der Waals surface area contributed by atoms with Crippen LogP contribution in [-0.4, -0.2) is 66.3 Å². The number of halogens is 2. The van der Waals surface area contributed by atoms with Gasteiger partial charge in [0, 0.05) is 56.3 Å². The molecule has 0 saturated carbocycles. The number of carbonyl (C=O) groups excluding carboxylic acids is 3. The maximum atomic E-state index is 14.1. The van der Waals surface area contributed by atoms with Gasteiger partial charge in [-0.2, -0.15) is 0 Å². The van der Waals surface area contributed by atoms with E-state index in [9.17, 15) is 18.8 Å². The van der Waals surface area contributed by atoms with Crippen LogP contribution in [0, 0.1) is 5.82 Å². The zero-order valence-electron chi connectivity index (χ0n) is 16.3. The lowest BCUT2D eigenvalue weighted by Crippen LogP contribution is -2.56. The molecule has 0 unspecified atom stereocenters. The van der Waals surface area contributed by atoms with Crippen molar-refractivity contribution in [2.24, 2.45) is 0 Å². The molecule has 1 aromatic rings. The molecular weight excluding hydrogens is 399 g/mol. The van der Waals surface area contributed by atoms with Crippen LogP contribution in [0.3, 0.4) is 0 Å². The molecule has 0 radical (unpaired) electrons. The Morgan fingerprint density at radius 1 is 1.31 bits per heavy atom. The van der Waals surface area contributed by atoms with Crippen LogP contribution < -0.4 is 10.6 Å². The van der Waals surface area contributed by atoms with Crippen molar-refractivity contribution in [2.75, 3.05) is 32.7 Å². The smallest absolute Gasteiger partial charge is 0.237 e. The van der Waals surface area contributed by atoms with Crippen molar-refractivity contribution in [2.45, 2.75) is 38.3 Å². The highest BCUT2D eigenvalue weighted by molar-refractivity contribution is 6.31. The first-order valence-electron chi connectivity index (χ1n) is 9.95. The van der Waals surface area contributed by atoms with E-state index in [1.165, 1.54) is 12.1 Å². The molecule has 3 amide bonds. The first-order chi connectivity index (χ1) is 14.0. The van der Waals surface area contributed by atoms with Gasteiger partial charge in [-0.25, -0.2) is 4.39 Å². The number of hydrogen-bond donors (Lipinski definition) is 2. The van der Waals surface area contributed by atoms with Crippen LogP contribution in [0.5, 0.6) is 0 Å². The molecule has 1 aromatic carbocycles. The molecule has 2 N–H and O–H groups in total. The Morgan fingerprint density at radius 3 is 2.86 bits per heavy atom. The first-order valence-corrected chi connectivity index (χ1v) is 10.3. The fourth-order valence-electron chi connectivity index (χ4n) is 3.75. The highest BCUT2D eigenvalue weighted by Gasteiger charge is 2.32. The van der Waals surface area contributed by atoms with Crippen molar-refractivity contribution in [3.8, 4) is 0 Å². The van der Waals surface area contributed by atoms with Gasteiger partial charge in [0.05, 0.1) is 12.5 Å². The lowest BCUT2D eigenvalue weighted by Gasteiger charge is -2.35. The van der Waals surface area contributed by atoms with Crippen LogP contribution in [-0.2, 0) is 20.9 Å². The molecule has 1 atom stereocenters. The Labute approximate surface area is 174 Å². The van der Waals surface area contributed by atoms with Crippen LogP contribution in [0.25, 0.3) is 0 Å². The SMILES string of the molecule is O=C(C[C@@H]1C(=O)NCCN1Cc1c(F)cccc1Cl)NCCCN1CCCC1=O.